The topological polar surface area (TPSA) is 41.8 Å². The Morgan fingerprint density at radius 3 is 2.21 bits per heavy atom. The number of aromatic amines is 1. The lowest BCUT2D eigenvalue weighted by molar-refractivity contribution is -0.409. The predicted molar refractivity (Wildman–Crippen MR) is 91.2 cm³/mol. The van der Waals surface area contributed by atoms with Crippen LogP contribution in [-0.2, 0) is 6.42 Å². The third-order valence-electron chi connectivity index (χ3n) is 3.66. The number of quaternary nitrogens is 1. The number of nitrogens with one attached hydrogen (secondary N) is 1. The van der Waals surface area contributed by atoms with E-state index in [9.17, 15) is 0 Å². The minimum Gasteiger partial charge on any atom is -1.00 e. The van der Waals surface area contributed by atoms with Crippen LogP contribution >= 0.6 is 22.9 Å². The molecule has 0 saturated carbocycles. The highest BCUT2D eigenvalue weighted by Crippen LogP contribution is 2.32. The van der Waals surface area contributed by atoms with E-state index in [-0.39, 0.29) is 39.9 Å². The Bertz CT molecular complexity index is 732. The van der Waals surface area contributed by atoms with Crippen LogP contribution in [0.4, 0.5) is 0 Å². The van der Waals surface area contributed by atoms with Crippen molar-refractivity contribution < 1.29 is 44.7 Å². The molecule has 2 nitrogen and oxygen atoms in total. The molecule has 1 atom stereocenters. The molecule has 6 heteroatoms. The molecule has 4 N–H and O–H groups in total. The van der Waals surface area contributed by atoms with Gasteiger partial charge in [0, 0.05) is 5.02 Å². The zero-order valence-electron chi connectivity index (χ0n) is 13.0. The SMILES string of the molecule is [Br-].[Br-].[NH3+]CCc1csc(C(c2ccccc2)c2ccc(Cl)cc2)[nH+]1. The van der Waals surface area contributed by atoms with Crippen LogP contribution in [0.15, 0.2) is 60.0 Å². The van der Waals surface area contributed by atoms with Gasteiger partial charge < -0.3 is 39.7 Å². The fraction of sp³-hybridized carbons (Fsp3) is 0.167. The van der Waals surface area contributed by atoms with Crippen molar-refractivity contribution in [2.45, 2.75) is 12.3 Å². The third-order valence-corrected chi connectivity index (χ3v) is 4.90. The molecule has 128 valence electrons. The maximum absolute atomic E-state index is 6.04. The summed E-state index contributed by atoms with van der Waals surface area (Å²) in [6.07, 6.45) is 0.985. The van der Waals surface area contributed by atoms with Gasteiger partial charge in [0.05, 0.1) is 18.3 Å². The molecule has 0 amide bonds. The van der Waals surface area contributed by atoms with Gasteiger partial charge >= 0.3 is 0 Å². The molecule has 0 aliphatic carbocycles. The molecule has 0 fully saturated rings. The van der Waals surface area contributed by atoms with Crippen molar-refractivity contribution in [3.05, 3.63) is 86.8 Å². The third kappa shape index (κ3) is 5.14. The largest absolute Gasteiger partial charge is 1.00 e. The molecule has 1 heterocycles. The molecule has 0 bridgehead atoms. The van der Waals surface area contributed by atoms with E-state index in [0.29, 0.717) is 0 Å². The van der Waals surface area contributed by atoms with Gasteiger partial charge in [-0.1, -0.05) is 65.4 Å². The zero-order chi connectivity index (χ0) is 15.4. The minimum atomic E-state index is 0. The second-order valence-corrected chi connectivity index (χ2v) is 6.60. The average molecular weight is 491 g/mol. The Labute approximate surface area is 172 Å². The van der Waals surface area contributed by atoms with Crippen molar-refractivity contribution in [1.82, 2.24) is 0 Å². The summed E-state index contributed by atoms with van der Waals surface area (Å²) in [4.78, 5) is 3.57. The normalized spacial score (nSPS) is 11.2. The molecule has 2 aromatic carbocycles. The first kappa shape index (κ1) is 21.3. The average Bonchev–Trinajstić information content (AvgIpc) is 2.99. The van der Waals surface area contributed by atoms with E-state index >= 15 is 0 Å². The summed E-state index contributed by atoms with van der Waals surface area (Å²) in [5, 5.41) is 4.22. The number of H-pyrrole nitrogens is 1. The second kappa shape index (κ2) is 10.3. The Balaban J connectivity index is 0.00000144. The van der Waals surface area contributed by atoms with Crippen molar-refractivity contribution in [2.75, 3.05) is 6.54 Å². The van der Waals surface area contributed by atoms with Crippen molar-refractivity contribution in [1.29, 1.82) is 0 Å². The van der Waals surface area contributed by atoms with Gasteiger partial charge in [0.25, 0.3) is 0 Å². The molecule has 1 aromatic heterocycles. The Morgan fingerprint density at radius 1 is 0.958 bits per heavy atom. The van der Waals surface area contributed by atoms with Gasteiger partial charge in [-0.15, -0.1) is 0 Å². The summed E-state index contributed by atoms with van der Waals surface area (Å²) in [5.41, 5.74) is 7.71. The van der Waals surface area contributed by atoms with Gasteiger partial charge in [-0.05, 0) is 23.3 Å². The molecular weight excluding hydrogens is 472 g/mol. The summed E-state index contributed by atoms with van der Waals surface area (Å²) in [6.45, 7) is 0.906. The lowest BCUT2D eigenvalue weighted by atomic mass is 9.92. The number of rotatable bonds is 5. The lowest BCUT2D eigenvalue weighted by Crippen LogP contribution is -3.00. The molecule has 24 heavy (non-hydrogen) atoms. The van der Waals surface area contributed by atoms with E-state index in [4.69, 9.17) is 11.6 Å². The Morgan fingerprint density at radius 2 is 1.58 bits per heavy atom. The first-order valence-corrected chi connectivity index (χ1v) is 8.63. The summed E-state index contributed by atoms with van der Waals surface area (Å²) < 4.78 is 0. The van der Waals surface area contributed by atoms with Gasteiger partial charge in [-0.2, -0.15) is 0 Å². The molecule has 3 rings (SSSR count). The standard InChI is InChI=1S/C18H17ClN2S.2BrH/c19-15-8-6-14(7-9-15)17(13-4-2-1-3-5-13)18-21-16(10-11-20)12-22-18;;/h1-9,12,17H,10-11,20H2;2*1H. The molecule has 0 spiro atoms. The van der Waals surface area contributed by atoms with Crippen LogP contribution in [0, 0.1) is 0 Å². The quantitative estimate of drug-likeness (QED) is 0.401. The van der Waals surface area contributed by atoms with Gasteiger partial charge in [-0.3, -0.25) is 0 Å². The number of benzene rings is 2. The van der Waals surface area contributed by atoms with Gasteiger partial charge in [-0.25, -0.2) is 4.98 Å². The second-order valence-electron chi connectivity index (χ2n) is 5.25. The predicted octanol–water partition coefficient (Wildman–Crippen LogP) is -2.81. The van der Waals surface area contributed by atoms with E-state index in [2.05, 4.69) is 58.6 Å². The summed E-state index contributed by atoms with van der Waals surface area (Å²) in [5.74, 6) is 0.210. The lowest BCUT2D eigenvalue weighted by Gasteiger charge is -2.12. The maximum Gasteiger partial charge on any atom is 0.247 e. The fourth-order valence-corrected chi connectivity index (χ4v) is 3.77. The highest BCUT2D eigenvalue weighted by atomic mass is 79.9. The van der Waals surface area contributed by atoms with Crippen molar-refractivity contribution in [3.63, 3.8) is 0 Å². The Kier molecular flexibility index (Phi) is 9.16. The van der Waals surface area contributed by atoms with Crippen LogP contribution in [0.2, 0.25) is 5.02 Å². The van der Waals surface area contributed by atoms with E-state index in [1.165, 1.54) is 21.8 Å². The van der Waals surface area contributed by atoms with Crippen LogP contribution < -0.4 is 44.7 Å². The monoisotopic (exact) mass is 488 g/mol. The molecule has 0 radical (unpaired) electrons. The number of hydrogen-bond donors (Lipinski definition) is 1. The van der Waals surface area contributed by atoms with Gasteiger partial charge in [0.2, 0.25) is 5.01 Å². The zero-order valence-corrected chi connectivity index (χ0v) is 17.8. The van der Waals surface area contributed by atoms with E-state index in [1.54, 1.807) is 11.3 Å². The molecule has 3 aromatic rings. The van der Waals surface area contributed by atoms with Crippen LogP contribution in [0.3, 0.4) is 0 Å². The number of halogens is 3. The molecule has 1 unspecified atom stereocenters. The highest BCUT2D eigenvalue weighted by molar-refractivity contribution is 7.09. The van der Waals surface area contributed by atoms with E-state index in [0.717, 1.165) is 18.0 Å². The Hall–Kier alpha value is -0.720. The van der Waals surface area contributed by atoms with Crippen LogP contribution in [0.5, 0.6) is 0 Å². The van der Waals surface area contributed by atoms with Crippen molar-refractivity contribution in [3.8, 4) is 0 Å². The number of aromatic nitrogens is 1. The number of thiazole rings is 1. The minimum absolute atomic E-state index is 0. The molecule has 0 saturated heterocycles. The highest BCUT2D eigenvalue weighted by Gasteiger charge is 2.25. The first-order valence-electron chi connectivity index (χ1n) is 7.37. The van der Waals surface area contributed by atoms with Gasteiger partial charge in [0.1, 0.15) is 5.92 Å². The van der Waals surface area contributed by atoms with Crippen molar-refractivity contribution in [2.24, 2.45) is 0 Å². The first-order chi connectivity index (χ1) is 10.8. The molecule has 0 aliphatic rings. The van der Waals surface area contributed by atoms with Crippen LogP contribution in [0.25, 0.3) is 0 Å². The summed E-state index contributed by atoms with van der Waals surface area (Å²) in [6, 6.07) is 18.7. The van der Waals surface area contributed by atoms with E-state index < -0.39 is 0 Å². The van der Waals surface area contributed by atoms with Crippen LogP contribution in [-0.4, -0.2) is 6.54 Å². The summed E-state index contributed by atoms with van der Waals surface area (Å²) >= 11 is 7.82. The molecule has 0 aliphatic heterocycles. The molecular formula is C18H19Br2ClN2S. The fourth-order valence-electron chi connectivity index (χ4n) is 2.60. The number of hydrogen-bond acceptors (Lipinski definition) is 1. The smallest absolute Gasteiger partial charge is 0.247 e. The van der Waals surface area contributed by atoms with Gasteiger partial charge in [0.15, 0.2) is 5.69 Å². The maximum atomic E-state index is 6.04. The van der Waals surface area contributed by atoms with Crippen LogP contribution in [0.1, 0.15) is 27.7 Å². The van der Waals surface area contributed by atoms with Crippen molar-refractivity contribution >= 4 is 22.9 Å². The summed E-state index contributed by atoms with van der Waals surface area (Å²) in [7, 11) is 0. The van der Waals surface area contributed by atoms with E-state index in [1.807, 2.05) is 12.1 Å².